The molecule has 0 aromatic rings. The summed E-state index contributed by atoms with van der Waals surface area (Å²) in [6.45, 7) is 0. The van der Waals surface area contributed by atoms with Gasteiger partial charge in [0.1, 0.15) is 0 Å². The Kier molecular flexibility index (Phi) is 1.07. The third-order valence-corrected chi connectivity index (χ3v) is 4.36. The van der Waals surface area contributed by atoms with Crippen molar-refractivity contribution in [1.82, 2.24) is 0 Å². The number of carbonyl (C=O) groups is 1. The fraction of sp³-hybridized carbons (Fsp3) is 0.900. The Labute approximate surface area is 72.3 Å². The molecule has 66 valence electrons. The Bertz CT molecular complexity index is 242. The summed E-state index contributed by atoms with van der Waals surface area (Å²) in [5.41, 5.74) is 0.0255. The van der Waals surface area contributed by atoms with Gasteiger partial charge in [-0.1, -0.05) is 6.42 Å². The van der Waals surface area contributed by atoms with Crippen LogP contribution in [-0.4, -0.2) is 13.1 Å². The summed E-state index contributed by atoms with van der Waals surface area (Å²) in [5, 5.41) is 0. The Morgan fingerprint density at radius 2 is 2.25 bits per heavy atom. The second-order valence-electron chi connectivity index (χ2n) is 4.63. The quantitative estimate of drug-likeness (QED) is 0.553. The molecule has 4 saturated carbocycles. The van der Waals surface area contributed by atoms with Gasteiger partial charge in [-0.15, -0.1) is 0 Å². The summed E-state index contributed by atoms with van der Waals surface area (Å²) in [5.74, 6) is 2.34. The van der Waals surface area contributed by atoms with Crippen molar-refractivity contribution in [3.8, 4) is 0 Å². The minimum atomic E-state index is 0.0255. The number of ether oxygens (including phenoxy) is 1. The average Bonchev–Trinajstić information content (AvgIpc) is 2.65. The molecule has 4 rings (SSSR count). The maximum Gasteiger partial charge on any atom is 0.312 e. The van der Waals surface area contributed by atoms with Crippen molar-refractivity contribution in [1.29, 1.82) is 0 Å². The van der Waals surface area contributed by atoms with E-state index in [9.17, 15) is 4.79 Å². The largest absolute Gasteiger partial charge is 0.469 e. The van der Waals surface area contributed by atoms with Crippen molar-refractivity contribution < 1.29 is 9.53 Å². The molecule has 0 aromatic heterocycles. The van der Waals surface area contributed by atoms with Crippen LogP contribution in [0.1, 0.15) is 25.7 Å². The van der Waals surface area contributed by atoms with E-state index in [0.717, 1.165) is 12.3 Å². The number of methoxy groups -OCH3 is 1. The first-order chi connectivity index (χ1) is 5.79. The van der Waals surface area contributed by atoms with E-state index in [4.69, 9.17) is 4.74 Å². The highest BCUT2D eigenvalue weighted by Gasteiger charge is 2.75. The first-order valence-corrected chi connectivity index (χ1v) is 4.87. The van der Waals surface area contributed by atoms with Crippen LogP contribution in [0.5, 0.6) is 0 Å². The Morgan fingerprint density at radius 3 is 2.67 bits per heavy atom. The monoisotopic (exact) mass is 166 g/mol. The summed E-state index contributed by atoms with van der Waals surface area (Å²) in [6, 6.07) is 0. The molecule has 0 heterocycles. The minimum absolute atomic E-state index is 0.0255. The van der Waals surface area contributed by atoms with E-state index in [1.807, 2.05) is 0 Å². The number of fused-ring (bicyclic) bond motifs is 1. The molecule has 0 aromatic carbocycles. The zero-order chi connectivity index (χ0) is 8.34. The molecule has 4 aliphatic rings. The number of hydrogen-bond donors (Lipinski definition) is 0. The summed E-state index contributed by atoms with van der Waals surface area (Å²) in [4.78, 5) is 11.5. The SMILES string of the molecule is COC(=O)C12CC3CCC1C2C3. The molecule has 4 bridgehead atoms. The molecule has 4 unspecified atom stereocenters. The van der Waals surface area contributed by atoms with Crippen molar-refractivity contribution in [2.75, 3.05) is 7.11 Å². The van der Waals surface area contributed by atoms with Crippen LogP contribution >= 0.6 is 0 Å². The van der Waals surface area contributed by atoms with Gasteiger partial charge in [0.2, 0.25) is 0 Å². The van der Waals surface area contributed by atoms with Crippen molar-refractivity contribution in [3.05, 3.63) is 0 Å². The lowest BCUT2D eigenvalue weighted by Gasteiger charge is -2.24. The number of hydrogen-bond acceptors (Lipinski definition) is 2. The van der Waals surface area contributed by atoms with Crippen LogP contribution in [-0.2, 0) is 9.53 Å². The molecule has 0 aliphatic heterocycles. The lowest BCUT2D eigenvalue weighted by Crippen LogP contribution is -2.24. The van der Waals surface area contributed by atoms with E-state index in [2.05, 4.69) is 0 Å². The molecule has 0 N–H and O–H groups in total. The first kappa shape index (κ1) is 6.93. The second-order valence-corrected chi connectivity index (χ2v) is 4.63. The van der Waals surface area contributed by atoms with Crippen LogP contribution in [0.25, 0.3) is 0 Å². The smallest absolute Gasteiger partial charge is 0.312 e. The fourth-order valence-corrected chi connectivity index (χ4v) is 3.87. The molecule has 0 amide bonds. The van der Waals surface area contributed by atoms with E-state index in [-0.39, 0.29) is 11.4 Å². The Morgan fingerprint density at radius 1 is 1.42 bits per heavy atom. The van der Waals surface area contributed by atoms with Crippen LogP contribution in [0.3, 0.4) is 0 Å². The molecule has 0 spiro atoms. The molecule has 2 nitrogen and oxygen atoms in total. The topological polar surface area (TPSA) is 26.3 Å². The van der Waals surface area contributed by atoms with Gasteiger partial charge in [-0.3, -0.25) is 4.79 Å². The van der Waals surface area contributed by atoms with Gasteiger partial charge < -0.3 is 4.74 Å². The predicted octanol–water partition coefficient (Wildman–Crippen LogP) is 1.60. The van der Waals surface area contributed by atoms with Crippen LogP contribution < -0.4 is 0 Å². The highest BCUT2D eigenvalue weighted by atomic mass is 16.5. The first-order valence-electron chi connectivity index (χ1n) is 4.87. The molecule has 4 fully saturated rings. The van der Waals surface area contributed by atoms with E-state index in [0.29, 0.717) is 11.8 Å². The fourth-order valence-electron chi connectivity index (χ4n) is 3.87. The van der Waals surface area contributed by atoms with Crippen molar-refractivity contribution in [2.45, 2.75) is 25.7 Å². The Balaban J connectivity index is 1.91. The second kappa shape index (κ2) is 1.86. The zero-order valence-corrected chi connectivity index (χ0v) is 7.38. The van der Waals surface area contributed by atoms with Gasteiger partial charge in [-0.25, -0.2) is 0 Å². The molecule has 2 heteroatoms. The third-order valence-electron chi connectivity index (χ3n) is 4.36. The average molecular weight is 166 g/mol. The summed E-state index contributed by atoms with van der Waals surface area (Å²) in [7, 11) is 1.53. The molecule has 0 saturated heterocycles. The van der Waals surface area contributed by atoms with Gasteiger partial charge in [-0.2, -0.15) is 0 Å². The van der Waals surface area contributed by atoms with E-state index < -0.39 is 0 Å². The van der Waals surface area contributed by atoms with Gasteiger partial charge in [0.25, 0.3) is 0 Å². The normalized spacial score (nSPS) is 53.6. The molecular weight excluding hydrogens is 152 g/mol. The Hall–Kier alpha value is -0.530. The van der Waals surface area contributed by atoms with Gasteiger partial charge in [0, 0.05) is 0 Å². The maximum absolute atomic E-state index is 11.5. The van der Waals surface area contributed by atoms with Crippen LogP contribution in [0.15, 0.2) is 0 Å². The van der Waals surface area contributed by atoms with Gasteiger partial charge in [0.15, 0.2) is 0 Å². The lowest BCUT2D eigenvalue weighted by atomic mass is 9.81. The third kappa shape index (κ3) is 0.540. The summed E-state index contributed by atoms with van der Waals surface area (Å²) < 4.78 is 4.89. The van der Waals surface area contributed by atoms with Crippen molar-refractivity contribution in [2.24, 2.45) is 23.2 Å². The minimum Gasteiger partial charge on any atom is -0.469 e. The van der Waals surface area contributed by atoms with Crippen LogP contribution in [0, 0.1) is 23.2 Å². The van der Waals surface area contributed by atoms with Crippen LogP contribution in [0.2, 0.25) is 0 Å². The number of esters is 1. The number of carbonyl (C=O) groups excluding carboxylic acids is 1. The number of rotatable bonds is 1. The van der Waals surface area contributed by atoms with E-state index >= 15 is 0 Å². The van der Waals surface area contributed by atoms with Gasteiger partial charge in [0.05, 0.1) is 12.5 Å². The maximum atomic E-state index is 11.5. The zero-order valence-electron chi connectivity index (χ0n) is 7.38. The molecule has 0 radical (unpaired) electrons. The highest BCUT2D eigenvalue weighted by molar-refractivity contribution is 5.82. The summed E-state index contributed by atoms with van der Waals surface area (Å²) >= 11 is 0. The molecule has 4 aliphatic carbocycles. The molecule has 12 heavy (non-hydrogen) atoms. The molecule has 4 atom stereocenters. The predicted molar refractivity (Wildman–Crippen MR) is 43.4 cm³/mol. The van der Waals surface area contributed by atoms with Crippen molar-refractivity contribution in [3.63, 3.8) is 0 Å². The lowest BCUT2D eigenvalue weighted by molar-refractivity contribution is -0.148. The highest BCUT2D eigenvalue weighted by Crippen LogP contribution is 2.75. The van der Waals surface area contributed by atoms with E-state index in [1.54, 1.807) is 0 Å². The van der Waals surface area contributed by atoms with E-state index in [1.165, 1.54) is 26.4 Å². The van der Waals surface area contributed by atoms with Gasteiger partial charge in [-0.05, 0) is 37.0 Å². The summed E-state index contributed by atoms with van der Waals surface area (Å²) in [6.07, 6.45) is 5.08. The van der Waals surface area contributed by atoms with Crippen LogP contribution in [0.4, 0.5) is 0 Å². The molecular formula is C10H14O2. The standard InChI is InChI=1S/C10H14O2/c1-12-9(11)10-5-6-2-3-7(10)8(10)4-6/h6-8H,2-5H2,1H3. The van der Waals surface area contributed by atoms with Crippen molar-refractivity contribution >= 4 is 5.97 Å². The van der Waals surface area contributed by atoms with Gasteiger partial charge >= 0.3 is 5.97 Å².